The lowest BCUT2D eigenvalue weighted by atomic mass is 10.1. The molecule has 2 heterocycles. The minimum absolute atomic E-state index is 0.152. The normalized spacial score (nSPS) is 12.9. The molecule has 0 radical (unpaired) electrons. The van der Waals surface area contributed by atoms with Crippen LogP contribution in [-0.2, 0) is 4.79 Å². The first kappa shape index (κ1) is 11.5. The number of amides is 1. The van der Waals surface area contributed by atoms with E-state index in [4.69, 9.17) is 4.74 Å². The first-order valence-corrected chi connectivity index (χ1v) is 5.97. The summed E-state index contributed by atoms with van der Waals surface area (Å²) >= 11 is 0. The van der Waals surface area contributed by atoms with E-state index in [1.165, 1.54) is 0 Å². The second-order valence-electron chi connectivity index (χ2n) is 4.19. The van der Waals surface area contributed by atoms with Crippen LogP contribution in [0, 0.1) is 0 Å². The Hall–Kier alpha value is -2.62. The Morgan fingerprint density at radius 3 is 2.79 bits per heavy atom. The first-order valence-electron chi connectivity index (χ1n) is 5.97. The molecule has 94 valence electrons. The van der Waals surface area contributed by atoms with Crippen LogP contribution in [0.1, 0.15) is 5.56 Å². The van der Waals surface area contributed by atoms with Crippen LogP contribution >= 0.6 is 0 Å². The molecular weight excluding hydrogens is 240 g/mol. The number of ether oxygens (including phenoxy) is 1. The van der Waals surface area contributed by atoms with Gasteiger partial charge >= 0.3 is 0 Å². The number of rotatable bonds is 2. The van der Waals surface area contributed by atoms with Crippen molar-refractivity contribution in [2.45, 2.75) is 0 Å². The summed E-state index contributed by atoms with van der Waals surface area (Å²) in [6, 6.07) is 11.1. The lowest BCUT2D eigenvalue weighted by Crippen LogP contribution is -2.21. The maximum absolute atomic E-state index is 12.1. The summed E-state index contributed by atoms with van der Waals surface area (Å²) in [7, 11) is 0. The van der Waals surface area contributed by atoms with Crippen LogP contribution in [0.4, 0.5) is 5.69 Å². The summed E-state index contributed by atoms with van der Waals surface area (Å²) in [6.07, 6.45) is 5.13. The maximum atomic E-state index is 12.1. The SMILES string of the molecule is O=C(Nc1ccncc1)C1=Cc2ccccc2OC1. The number of para-hydroxylation sites is 1. The van der Waals surface area contributed by atoms with Gasteiger partial charge < -0.3 is 10.1 Å². The van der Waals surface area contributed by atoms with Crippen LogP contribution in [-0.4, -0.2) is 17.5 Å². The predicted octanol–water partition coefficient (Wildman–Crippen LogP) is 2.50. The lowest BCUT2D eigenvalue weighted by molar-refractivity contribution is -0.113. The van der Waals surface area contributed by atoms with Crippen LogP contribution in [0.5, 0.6) is 5.75 Å². The highest BCUT2D eigenvalue weighted by atomic mass is 16.5. The Morgan fingerprint density at radius 1 is 1.16 bits per heavy atom. The molecule has 0 bridgehead atoms. The van der Waals surface area contributed by atoms with Gasteiger partial charge in [0.05, 0.1) is 5.57 Å². The predicted molar refractivity (Wildman–Crippen MR) is 72.8 cm³/mol. The van der Waals surface area contributed by atoms with Gasteiger partial charge in [0, 0.05) is 23.6 Å². The molecule has 4 heteroatoms. The van der Waals surface area contributed by atoms with E-state index in [1.807, 2.05) is 30.3 Å². The van der Waals surface area contributed by atoms with Gasteiger partial charge in [-0.25, -0.2) is 0 Å². The van der Waals surface area contributed by atoms with Crippen molar-refractivity contribution in [3.8, 4) is 5.75 Å². The summed E-state index contributed by atoms with van der Waals surface area (Å²) in [5.74, 6) is 0.656. The molecule has 4 nitrogen and oxygen atoms in total. The average molecular weight is 252 g/mol. The van der Waals surface area contributed by atoms with Crippen molar-refractivity contribution >= 4 is 17.7 Å². The number of carbonyl (C=O) groups excluding carboxylic acids is 1. The Balaban J connectivity index is 1.80. The Kier molecular flexibility index (Phi) is 2.98. The number of nitrogens with zero attached hydrogens (tertiary/aromatic N) is 1. The largest absolute Gasteiger partial charge is 0.488 e. The molecule has 0 spiro atoms. The highest BCUT2D eigenvalue weighted by Crippen LogP contribution is 2.26. The number of benzene rings is 1. The van der Waals surface area contributed by atoms with Gasteiger partial charge in [0.2, 0.25) is 0 Å². The summed E-state index contributed by atoms with van der Waals surface area (Å²) in [5, 5.41) is 2.82. The van der Waals surface area contributed by atoms with Crippen LogP contribution in [0.3, 0.4) is 0 Å². The van der Waals surface area contributed by atoms with Crippen molar-refractivity contribution < 1.29 is 9.53 Å². The van der Waals surface area contributed by atoms with Gasteiger partial charge in [-0.1, -0.05) is 18.2 Å². The Bertz CT molecular complexity index is 636. The zero-order chi connectivity index (χ0) is 13.1. The average Bonchev–Trinajstić information content (AvgIpc) is 2.48. The second-order valence-corrected chi connectivity index (χ2v) is 4.19. The molecule has 0 aliphatic carbocycles. The third-order valence-corrected chi connectivity index (χ3v) is 2.86. The van der Waals surface area contributed by atoms with E-state index < -0.39 is 0 Å². The molecule has 1 amide bonds. The maximum Gasteiger partial charge on any atom is 0.255 e. The smallest absolute Gasteiger partial charge is 0.255 e. The van der Waals surface area contributed by atoms with Gasteiger partial charge in [0.1, 0.15) is 12.4 Å². The highest BCUT2D eigenvalue weighted by Gasteiger charge is 2.16. The number of aromatic nitrogens is 1. The number of carbonyl (C=O) groups is 1. The highest BCUT2D eigenvalue weighted by molar-refractivity contribution is 6.07. The van der Waals surface area contributed by atoms with E-state index in [1.54, 1.807) is 24.5 Å². The molecule has 1 N–H and O–H groups in total. The Labute approximate surface area is 110 Å². The topological polar surface area (TPSA) is 51.2 Å². The van der Waals surface area contributed by atoms with Crippen molar-refractivity contribution in [2.75, 3.05) is 11.9 Å². The number of pyridine rings is 1. The molecule has 0 unspecified atom stereocenters. The fourth-order valence-electron chi connectivity index (χ4n) is 1.89. The van der Waals surface area contributed by atoms with Gasteiger partial charge in [0.25, 0.3) is 5.91 Å². The number of nitrogens with one attached hydrogen (secondary N) is 1. The van der Waals surface area contributed by atoms with Crippen LogP contribution < -0.4 is 10.1 Å². The molecule has 1 aromatic carbocycles. The number of hydrogen-bond acceptors (Lipinski definition) is 3. The van der Waals surface area contributed by atoms with Gasteiger partial charge in [-0.05, 0) is 24.3 Å². The van der Waals surface area contributed by atoms with E-state index in [0.717, 1.165) is 17.0 Å². The van der Waals surface area contributed by atoms with Gasteiger partial charge in [0.15, 0.2) is 0 Å². The quantitative estimate of drug-likeness (QED) is 0.893. The molecule has 1 aliphatic heterocycles. The van der Waals surface area contributed by atoms with Gasteiger partial charge in [-0.3, -0.25) is 9.78 Å². The molecule has 0 atom stereocenters. The molecule has 1 aliphatic rings. The summed E-state index contributed by atoms with van der Waals surface area (Å²) in [5.41, 5.74) is 2.25. The molecule has 2 aromatic rings. The summed E-state index contributed by atoms with van der Waals surface area (Å²) in [6.45, 7) is 0.286. The van der Waals surface area contributed by atoms with Crippen molar-refractivity contribution in [1.82, 2.24) is 4.98 Å². The zero-order valence-electron chi connectivity index (χ0n) is 10.2. The lowest BCUT2D eigenvalue weighted by Gasteiger charge is -2.17. The monoisotopic (exact) mass is 252 g/mol. The standard InChI is InChI=1S/C15H12N2O2/c18-15(17-13-5-7-16-8-6-13)12-9-11-3-1-2-4-14(11)19-10-12/h1-9H,10H2,(H,16,17,18). The van der Waals surface area contributed by atoms with E-state index in [9.17, 15) is 4.79 Å². The van der Waals surface area contributed by atoms with Crippen molar-refractivity contribution in [2.24, 2.45) is 0 Å². The van der Waals surface area contributed by atoms with Crippen LogP contribution in [0.25, 0.3) is 6.08 Å². The third-order valence-electron chi connectivity index (χ3n) is 2.86. The molecule has 0 saturated carbocycles. The molecule has 3 rings (SSSR count). The zero-order valence-corrected chi connectivity index (χ0v) is 10.2. The second kappa shape index (κ2) is 4.94. The van der Waals surface area contributed by atoms with Crippen molar-refractivity contribution in [3.63, 3.8) is 0 Å². The van der Waals surface area contributed by atoms with E-state index in [-0.39, 0.29) is 12.5 Å². The molecule has 0 saturated heterocycles. The van der Waals surface area contributed by atoms with Gasteiger partial charge in [-0.2, -0.15) is 0 Å². The summed E-state index contributed by atoms with van der Waals surface area (Å²) < 4.78 is 5.55. The van der Waals surface area contributed by atoms with Crippen molar-refractivity contribution in [1.29, 1.82) is 0 Å². The number of hydrogen-bond donors (Lipinski definition) is 1. The third kappa shape index (κ3) is 2.47. The molecule has 0 fully saturated rings. The molecule has 19 heavy (non-hydrogen) atoms. The van der Waals surface area contributed by atoms with Crippen molar-refractivity contribution in [3.05, 3.63) is 59.9 Å². The summed E-state index contributed by atoms with van der Waals surface area (Å²) in [4.78, 5) is 16.0. The van der Waals surface area contributed by atoms with Crippen LogP contribution in [0.15, 0.2) is 54.4 Å². The number of anilines is 1. The number of fused-ring (bicyclic) bond motifs is 1. The van der Waals surface area contributed by atoms with E-state index in [0.29, 0.717) is 5.57 Å². The fraction of sp³-hybridized carbons (Fsp3) is 0.0667. The first-order chi connectivity index (χ1) is 9.33. The van der Waals surface area contributed by atoms with Gasteiger partial charge in [-0.15, -0.1) is 0 Å². The molecule has 1 aromatic heterocycles. The van der Waals surface area contributed by atoms with E-state index >= 15 is 0 Å². The Morgan fingerprint density at radius 2 is 1.95 bits per heavy atom. The van der Waals surface area contributed by atoms with Crippen LogP contribution in [0.2, 0.25) is 0 Å². The minimum atomic E-state index is -0.152. The molecular formula is C15H12N2O2. The van der Waals surface area contributed by atoms with E-state index in [2.05, 4.69) is 10.3 Å². The fourth-order valence-corrected chi connectivity index (χ4v) is 1.89. The minimum Gasteiger partial charge on any atom is -0.488 e.